The van der Waals surface area contributed by atoms with Crippen molar-refractivity contribution in [3.8, 4) is 0 Å². The number of methoxy groups -OCH3 is 2. The predicted octanol–water partition coefficient (Wildman–Crippen LogP) is 4.54. The second-order valence-electron chi connectivity index (χ2n) is 9.45. The van der Waals surface area contributed by atoms with E-state index in [4.69, 9.17) is 13.9 Å². The second-order valence-corrected chi connectivity index (χ2v) is 14.2. The molecule has 3 unspecified atom stereocenters. The Morgan fingerprint density at radius 3 is 2.21 bits per heavy atom. The van der Waals surface area contributed by atoms with Crippen LogP contribution in [-0.2, 0) is 18.7 Å². The summed E-state index contributed by atoms with van der Waals surface area (Å²) >= 11 is 0. The van der Waals surface area contributed by atoms with Crippen molar-refractivity contribution in [2.45, 2.75) is 89.8 Å². The lowest BCUT2D eigenvalue weighted by Gasteiger charge is -2.55. The first-order valence-electron chi connectivity index (χ1n) is 9.22. The topological polar surface area (TPSA) is 44.8 Å². The molecular weight excluding hydrogens is 320 g/mol. The smallest absolute Gasteiger partial charge is 0.192 e. The molecule has 0 bridgehead atoms. The number of carbonyl (C=O) groups excluding carboxylic acids is 1. The molecule has 0 amide bonds. The Morgan fingerprint density at radius 1 is 1.12 bits per heavy atom. The molecule has 24 heavy (non-hydrogen) atoms. The summed E-state index contributed by atoms with van der Waals surface area (Å²) < 4.78 is 18.1. The van der Waals surface area contributed by atoms with Gasteiger partial charge >= 0.3 is 0 Å². The molecule has 2 aliphatic carbocycles. The van der Waals surface area contributed by atoms with Crippen LogP contribution >= 0.6 is 0 Å². The van der Waals surface area contributed by atoms with E-state index in [0.717, 1.165) is 19.3 Å². The highest BCUT2D eigenvalue weighted by atomic mass is 28.4. The van der Waals surface area contributed by atoms with Crippen LogP contribution in [0.5, 0.6) is 0 Å². The van der Waals surface area contributed by atoms with E-state index >= 15 is 0 Å². The first-order valence-corrected chi connectivity index (χ1v) is 12.1. The Bertz CT molecular complexity index is 478. The molecule has 0 spiro atoms. The maximum absolute atomic E-state index is 12.7. The number of Topliss-reactive ketones (excluding diaryl/α,β-unsaturated/α-hetero) is 1. The van der Waals surface area contributed by atoms with Crippen molar-refractivity contribution in [1.29, 1.82) is 0 Å². The molecule has 2 saturated carbocycles. The Morgan fingerprint density at radius 2 is 1.71 bits per heavy atom. The lowest BCUT2D eigenvalue weighted by atomic mass is 9.57. The molecular formula is C19H36O4Si. The van der Waals surface area contributed by atoms with Crippen LogP contribution in [0, 0.1) is 11.3 Å². The van der Waals surface area contributed by atoms with Crippen molar-refractivity contribution in [3.05, 3.63) is 0 Å². The summed E-state index contributed by atoms with van der Waals surface area (Å²) in [4.78, 5) is 12.7. The fourth-order valence-corrected chi connectivity index (χ4v) is 5.56. The Hall–Kier alpha value is -0.233. The fourth-order valence-electron chi connectivity index (χ4n) is 4.10. The van der Waals surface area contributed by atoms with Crippen LogP contribution in [0.25, 0.3) is 0 Å². The van der Waals surface area contributed by atoms with E-state index in [1.165, 1.54) is 0 Å². The minimum absolute atomic E-state index is 0.0327. The van der Waals surface area contributed by atoms with Crippen LogP contribution in [0.1, 0.15) is 59.8 Å². The van der Waals surface area contributed by atoms with Crippen LogP contribution in [0.15, 0.2) is 0 Å². The SMILES string of the molecule is COC1(OC)CCC2(C)C(O[Si](C)(C)C(C)(C)C)CCC(=O)C2C1. The Kier molecular flexibility index (Phi) is 5.43. The van der Waals surface area contributed by atoms with Crippen molar-refractivity contribution < 1.29 is 18.7 Å². The Balaban J connectivity index is 2.27. The normalized spacial score (nSPS) is 34.1. The minimum Gasteiger partial charge on any atom is -0.413 e. The molecule has 0 saturated heterocycles. The summed E-state index contributed by atoms with van der Waals surface area (Å²) in [5.41, 5.74) is -0.106. The molecule has 0 N–H and O–H groups in total. The molecule has 0 heterocycles. The molecule has 2 fully saturated rings. The van der Waals surface area contributed by atoms with E-state index < -0.39 is 14.1 Å². The summed E-state index contributed by atoms with van der Waals surface area (Å²) in [5.74, 6) is -0.293. The highest BCUT2D eigenvalue weighted by Gasteiger charge is 2.57. The number of hydrogen-bond donors (Lipinski definition) is 0. The van der Waals surface area contributed by atoms with Crippen LogP contribution in [-0.4, -0.2) is 40.2 Å². The van der Waals surface area contributed by atoms with E-state index in [1.54, 1.807) is 14.2 Å². The first kappa shape index (κ1) is 20.1. The molecule has 0 radical (unpaired) electrons. The van der Waals surface area contributed by atoms with Gasteiger partial charge in [0.25, 0.3) is 0 Å². The van der Waals surface area contributed by atoms with Gasteiger partial charge in [-0.15, -0.1) is 0 Å². The highest BCUT2D eigenvalue weighted by molar-refractivity contribution is 6.74. The van der Waals surface area contributed by atoms with Crippen LogP contribution in [0.4, 0.5) is 0 Å². The largest absolute Gasteiger partial charge is 0.413 e. The van der Waals surface area contributed by atoms with Gasteiger partial charge in [-0.1, -0.05) is 27.7 Å². The number of ether oxygens (including phenoxy) is 2. The van der Waals surface area contributed by atoms with Crippen molar-refractivity contribution in [3.63, 3.8) is 0 Å². The summed E-state index contributed by atoms with van der Waals surface area (Å²) in [6.07, 6.45) is 4.00. The average Bonchev–Trinajstić information content (AvgIpc) is 2.49. The predicted molar refractivity (Wildman–Crippen MR) is 98.5 cm³/mol. The van der Waals surface area contributed by atoms with Gasteiger partial charge in [-0.05, 0) is 31.0 Å². The molecule has 0 aliphatic heterocycles. The monoisotopic (exact) mass is 356 g/mol. The summed E-state index contributed by atoms with van der Waals surface area (Å²) in [6, 6.07) is 0. The molecule has 0 aromatic carbocycles. The summed E-state index contributed by atoms with van der Waals surface area (Å²) in [6.45, 7) is 13.7. The van der Waals surface area contributed by atoms with Crippen molar-refractivity contribution in [2.75, 3.05) is 14.2 Å². The number of fused-ring (bicyclic) bond motifs is 1. The van der Waals surface area contributed by atoms with Gasteiger partial charge in [-0.25, -0.2) is 0 Å². The number of hydrogen-bond acceptors (Lipinski definition) is 4. The van der Waals surface area contributed by atoms with Gasteiger partial charge in [-0.3, -0.25) is 4.79 Å². The summed E-state index contributed by atoms with van der Waals surface area (Å²) in [5, 5.41) is 0.178. The molecule has 2 aliphatic rings. The number of ketones is 1. The van der Waals surface area contributed by atoms with Gasteiger partial charge in [-0.2, -0.15) is 0 Å². The molecule has 0 aromatic heterocycles. The van der Waals surface area contributed by atoms with Gasteiger partial charge in [0.2, 0.25) is 0 Å². The van der Waals surface area contributed by atoms with Gasteiger partial charge in [0.1, 0.15) is 5.78 Å². The van der Waals surface area contributed by atoms with Gasteiger partial charge in [0.15, 0.2) is 14.1 Å². The van der Waals surface area contributed by atoms with Crippen LogP contribution in [0.2, 0.25) is 18.1 Å². The number of carbonyl (C=O) groups is 1. The van der Waals surface area contributed by atoms with E-state index in [2.05, 4.69) is 40.8 Å². The van der Waals surface area contributed by atoms with Crippen LogP contribution in [0.3, 0.4) is 0 Å². The minimum atomic E-state index is -1.86. The maximum atomic E-state index is 12.7. The molecule has 140 valence electrons. The van der Waals surface area contributed by atoms with Gasteiger partial charge < -0.3 is 13.9 Å². The maximum Gasteiger partial charge on any atom is 0.192 e. The Labute approximate surface area is 148 Å². The van der Waals surface area contributed by atoms with Crippen molar-refractivity contribution in [1.82, 2.24) is 0 Å². The molecule has 5 heteroatoms. The molecule has 4 nitrogen and oxygen atoms in total. The highest BCUT2D eigenvalue weighted by Crippen LogP contribution is 2.54. The van der Waals surface area contributed by atoms with E-state index in [0.29, 0.717) is 18.6 Å². The van der Waals surface area contributed by atoms with E-state index in [1.807, 2.05) is 0 Å². The lowest BCUT2D eigenvalue weighted by molar-refractivity contribution is -0.253. The quantitative estimate of drug-likeness (QED) is 0.548. The lowest BCUT2D eigenvalue weighted by Crippen LogP contribution is -2.59. The zero-order chi connectivity index (χ0) is 18.4. The average molecular weight is 357 g/mol. The fraction of sp³-hybridized carbons (Fsp3) is 0.947. The standard InChI is InChI=1S/C19H36O4Si/c1-17(2,3)24(7,8)23-16-10-9-15(20)14-13-19(21-5,22-6)12-11-18(14,16)4/h14,16H,9-13H2,1-8H3. The first-order chi connectivity index (χ1) is 10.9. The van der Waals surface area contributed by atoms with E-state index in [9.17, 15) is 4.79 Å². The zero-order valence-corrected chi connectivity index (χ0v) is 17.8. The van der Waals surface area contributed by atoms with Crippen molar-refractivity contribution in [2.24, 2.45) is 11.3 Å². The molecule has 0 aromatic rings. The zero-order valence-electron chi connectivity index (χ0n) is 16.8. The van der Waals surface area contributed by atoms with Crippen molar-refractivity contribution >= 4 is 14.1 Å². The number of rotatable bonds is 4. The molecule has 3 atom stereocenters. The van der Waals surface area contributed by atoms with E-state index in [-0.39, 0.29) is 22.5 Å². The third-order valence-corrected chi connectivity index (χ3v) is 11.6. The molecule has 2 rings (SSSR count). The summed E-state index contributed by atoms with van der Waals surface area (Å²) in [7, 11) is 1.50. The van der Waals surface area contributed by atoms with Crippen LogP contribution < -0.4 is 0 Å². The third-order valence-electron chi connectivity index (χ3n) is 7.12. The van der Waals surface area contributed by atoms with Gasteiger partial charge in [0, 0.05) is 44.8 Å². The third kappa shape index (κ3) is 3.37. The second kappa shape index (κ2) is 6.49. The van der Waals surface area contributed by atoms with Gasteiger partial charge in [0.05, 0.1) is 6.10 Å².